The molecule has 0 unspecified atom stereocenters. The molecule has 0 radical (unpaired) electrons. The molecule has 0 aromatic rings. The third-order valence-electron chi connectivity index (χ3n) is 7.43. The fraction of sp³-hybridized carbons (Fsp3) is 0.714. The van der Waals surface area contributed by atoms with Crippen LogP contribution in [0.2, 0.25) is 0 Å². The lowest BCUT2D eigenvalue weighted by atomic mass is 9.48. The van der Waals surface area contributed by atoms with Crippen molar-refractivity contribution in [3.8, 4) is 0 Å². The van der Waals surface area contributed by atoms with E-state index in [1.807, 2.05) is 6.92 Å². The third-order valence-corrected chi connectivity index (χ3v) is 7.43. The molecule has 2 heterocycles. The highest BCUT2D eigenvalue weighted by atomic mass is 16.2. The number of nitrogens with one attached hydrogen (secondary N) is 1. The summed E-state index contributed by atoms with van der Waals surface area (Å²) in [6.07, 6.45) is 7.33. The molecule has 0 atom stereocenters. The van der Waals surface area contributed by atoms with E-state index in [-0.39, 0.29) is 40.7 Å². The molecule has 2 saturated carbocycles. The molecule has 5 N–H and O–H groups in total. The Hall–Kier alpha value is -2.58. The minimum Gasteiger partial charge on any atom is -0.385 e. The Morgan fingerprint density at radius 1 is 1.07 bits per heavy atom. The zero-order valence-corrected chi connectivity index (χ0v) is 17.5. The molecule has 2 aliphatic carbocycles. The van der Waals surface area contributed by atoms with Gasteiger partial charge in [0, 0.05) is 25.6 Å². The van der Waals surface area contributed by atoms with Gasteiger partial charge in [-0.25, -0.2) is 4.79 Å². The number of urea groups is 1. The van der Waals surface area contributed by atoms with Crippen molar-refractivity contribution in [1.82, 2.24) is 15.1 Å². The predicted molar refractivity (Wildman–Crippen MR) is 108 cm³/mol. The number of barbiturate groups is 1. The predicted octanol–water partition coefficient (Wildman–Crippen LogP) is 0.935. The molecule has 4 fully saturated rings. The van der Waals surface area contributed by atoms with E-state index in [9.17, 15) is 19.2 Å². The van der Waals surface area contributed by atoms with Crippen molar-refractivity contribution < 1.29 is 19.2 Å². The van der Waals surface area contributed by atoms with E-state index in [1.54, 1.807) is 0 Å². The molecule has 2 spiro atoms. The van der Waals surface area contributed by atoms with Gasteiger partial charge in [-0.3, -0.25) is 24.2 Å². The van der Waals surface area contributed by atoms with Crippen LogP contribution in [0.4, 0.5) is 4.79 Å². The first-order chi connectivity index (χ1) is 14.2. The van der Waals surface area contributed by atoms with E-state index in [2.05, 4.69) is 5.32 Å². The number of nitrogens with two attached hydrogens (primary N) is 2. The maximum Gasteiger partial charge on any atom is 0.334 e. The maximum absolute atomic E-state index is 13.1. The van der Waals surface area contributed by atoms with Crippen LogP contribution in [0.3, 0.4) is 0 Å². The molecule has 0 aromatic carbocycles. The second-order valence-corrected chi connectivity index (χ2v) is 9.64. The largest absolute Gasteiger partial charge is 0.385 e. The van der Waals surface area contributed by atoms with Gasteiger partial charge in [-0.2, -0.15) is 0 Å². The molecule has 5 amide bonds. The highest BCUT2D eigenvalue weighted by Crippen LogP contribution is 2.63. The van der Waals surface area contributed by atoms with Crippen LogP contribution in [-0.2, 0) is 14.4 Å². The molecule has 2 aliphatic heterocycles. The monoisotopic (exact) mass is 417 g/mol. The lowest BCUT2D eigenvalue weighted by molar-refractivity contribution is -0.140. The van der Waals surface area contributed by atoms with Gasteiger partial charge >= 0.3 is 6.03 Å². The van der Waals surface area contributed by atoms with Gasteiger partial charge in [0.1, 0.15) is 11.4 Å². The number of rotatable bonds is 4. The Balaban J connectivity index is 1.47. The van der Waals surface area contributed by atoms with Crippen LogP contribution in [0.1, 0.15) is 64.7 Å². The Kier molecular flexibility index (Phi) is 5.02. The number of unbranched alkanes of at least 4 members (excludes halogenated alkanes) is 1. The van der Waals surface area contributed by atoms with E-state index in [0.29, 0.717) is 25.7 Å². The third kappa shape index (κ3) is 3.24. The molecule has 30 heavy (non-hydrogen) atoms. The second kappa shape index (κ2) is 7.28. The van der Waals surface area contributed by atoms with Crippen LogP contribution in [-0.4, -0.2) is 52.7 Å². The SMILES string of the molecule is CCCCN1C(=O)C(=C(N)N)C(=O)N(C2CCC3(CC2)CC2(CNC(=O)C2)C3)C1=O. The van der Waals surface area contributed by atoms with Crippen LogP contribution in [0, 0.1) is 10.8 Å². The average Bonchev–Trinajstić information content (AvgIpc) is 3.03. The fourth-order valence-corrected chi connectivity index (χ4v) is 6.10. The Bertz CT molecular complexity index is 815. The zero-order chi connectivity index (χ0) is 21.7. The second-order valence-electron chi connectivity index (χ2n) is 9.64. The summed E-state index contributed by atoms with van der Waals surface area (Å²) in [6.45, 7) is 2.97. The molecule has 4 aliphatic rings. The summed E-state index contributed by atoms with van der Waals surface area (Å²) in [5.74, 6) is -1.56. The maximum atomic E-state index is 13.1. The lowest BCUT2D eigenvalue weighted by Gasteiger charge is -2.58. The molecule has 0 bridgehead atoms. The van der Waals surface area contributed by atoms with Crippen molar-refractivity contribution in [3.63, 3.8) is 0 Å². The van der Waals surface area contributed by atoms with Gasteiger partial charge in [0.25, 0.3) is 11.8 Å². The van der Waals surface area contributed by atoms with E-state index in [1.165, 1.54) is 4.90 Å². The lowest BCUT2D eigenvalue weighted by Crippen LogP contribution is -2.61. The van der Waals surface area contributed by atoms with E-state index >= 15 is 0 Å². The van der Waals surface area contributed by atoms with Gasteiger partial charge in [0.2, 0.25) is 5.91 Å². The Labute approximate surface area is 176 Å². The standard InChI is InChI=1S/C21H31N5O4/c1-2-3-8-25-17(28)15(16(22)23)18(29)26(19(25)30)13-4-6-20(7-5-13)10-21(11-20)9-14(27)24-12-21/h13H,2-12,22-23H2,1H3,(H,24,27). The molecule has 9 nitrogen and oxygen atoms in total. The smallest absolute Gasteiger partial charge is 0.334 e. The number of hydrogen-bond donors (Lipinski definition) is 3. The molecular formula is C21H31N5O4. The Morgan fingerprint density at radius 3 is 2.27 bits per heavy atom. The highest BCUT2D eigenvalue weighted by Gasteiger charge is 2.58. The molecule has 9 heteroatoms. The van der Waals surface area contributed by atoms with Crippen molar-refractivity contribution in [3.05, 3.63) is 11.4 Å². The average molecular weight is 418 g/mol. The van der Waals surface area contributed by atoms with Gasteiger partial charge in [-0.05, 0) is 55.8 Å². The van der Waals surface area contributed by atoms with Gasteiger partial charge in [-0.1, -0.05) is 13.3 Å². The summed E-state index contributed by atoms with van der Waals surface area (Å²) in [5, 5.41) is 2.94. The van der Waals surface area contributed by atoms with Gasteiger partial charge in [0.05, 0.1) is 0 Å². The quantitative estimate of drug-likeness (QED) is 0.459. The molecule has 4 rings (SSSR count). The Morgan fingerprint density at radius 2 is 1.73 bits per heavy atom. The van der Waals surface area contributed by atoms with Gasteiger partial charge in [0.15, 0.2) is 0 Å². The highest BCUT2D eigenvalue weighted by molar-refractivity contribution is 6.29. The molecule has 2 saturated heterocycles. The number of carbonyl (C=O) groups excluding carboxylic acids is 4. The first-order valence-corrected chi connectivity index (χ1v) is 10.9. The fourth-order valence-electron chi connectivity index (χ4n) is 6.10. The minimum atomic E-state index is -0.693. The number of carbonyl (C=O) groups is 4. The van der Waals surface area contributed by atoms with Gasteiger partial charge in [-0.15, -0.1) is 0 Å². The number of hydrogen-bond acceptors (Lipinski definition) is 6. The molecular weight excluding hydrogens is 386 g/mol. The summed E-state index contributed by atoms with van der Waals surface area (Å²) >= 11 is 0. The number of nitrogens with zero attached hydrogens (tertiary/aromatic N) is 2. The topological polar surface area (TPSA) is 139 Å². The van der Waals surface area contributed by atoms with E-state index in [4.69, 9.17) is 11.5 Å². The van der Waals surface area contributed by atoms with Gasteiger partial charge < -0.3 is 16.8 Å². The van der Waals surface area contributed by atoms with Crippen LogP contribution >= 0.6 is 0 Å². The van der Waals surface area contributed by atoms with Crippen molar-refractivity contribution in [2.45, 2.75) is 70.8 Å². The van der Waals surface area contributed by atoms with Crippen LogP contribution in [0.25, 0.3) is 0 Å². The number of amides is 5. The summed E-state index contributed by atoms with van der Waals surface area (Å²) in [7, 11) is 0. The molecule has 0 aromatic heterocycles. The first-order valence-electron chi connectivity index (χ1n) is 10.9. The summed E-state index contributed by atoms with van der Waals surface area (Å²) in [5.41, 5.74) is 11.3. The van der Waals surface area contributed by atoms with Crippen molar-refractivity contribution >= 4 is 23.8 Å². The summed E-state index contributed by atoms with van der Waals surface area (Å²) in [4.78, 5) is 52.7. The summed E-state index contributed by atoms with van der Waals surface area (Å²) < 4.78 is 0. The van der Waals surface area contributed by atoms with Crippen molar-refractivity contribution in [2.75, 3.05) is 13.1 Å². The normalized spacial score (nSPS) is 34.0. The number of imide groups is 2. The zero-order valence-electron chi connectivity index (χ0n) is 17.5. The molecule has 164 valence electrons. The van der Waals surface area contributed by atoms with E-state index < -0.39 is 17.8 Å². The minimum absolute atomic E-state index is 0.105. The van der Waals surface area contributed by atoms with E-state index in [0.717, 1.165) is 43.5 Å². The van der Waals surface area contributed by atoms with Crippen molar-refractivity contribution in [2.24, 2.45) is 22.3 Å². The van der Waals surface area contributed by atoms with Crippen LogP contribution in [0.5, 0.6) is 0 Å². The first kappa shape index (κ1) is 20.7. The van der Waals surface area contributed by atoms with Crippen LogP contribution in [0.15, 0.2) is 11.4 Å². The summed E-state index contributed by atoms with van der Waals surface area (Å²) in [6, 6.07) is -0.817. The van der Waals surface area contributed by atoms with Crippen molar-refractivity contribution in [1.29, 1.82) is 0 Å². The van der Waals surface area contributed by atoms with Crippen LogP contribution < -0.4 is 16.8 Å².